The fourth-order valence-electron chi connectivity index (χ4n) is 3.43. The monoisotopic (exact) mass is 391 g/mol. The number of ether oxygens (including phenoxy) is 7. The minimum absolute atomic E-state index is 0.137. The van der Waals surface area contributed by atoms with Crippen molar-refractivity contribution in [2.75, 3.05) is 40.3 Å². The molecule has 0 unspecified atom stereocenters. The smallest absolute Gasteiger partial charge is 0.164 e. The molecule has 160 valence electrons. The molecule has 8 nitrogen and oxygen atoms in total. The summed E-state index contributed by atoms with van der Waals surface area (Å²) >= 11 is 0. The number of methoxy groups -OCH3 is 1. The molecule has 0 aromatic heterocycles. The largest absolute Gasteiger partial charge is 0.379 e. The van der Waals surface area contributed by atoms with E-state index in [2.05, 4.69) is 0 Å². The maximum atomic E-state index is 6.16. The van der Waals surface area contributed by atoms with Gasteiger partial charge in [0, 0.05) is 13.7 Å². The minimum Gasteiger partial charge on any atom is -0.379 e. The summed E-state index contributed by atoms with van der Waals surface area (Å²) in [6.07, 6.45) is 1.80. The highest BCUT2D eigenvalue weighted by Gasteiger charge is 2.51. The first kappa shape index (κ1) is 23.0. The molecular formula is C19H37NO7. The van der Waals surface area contributed by atoms with Crippen molar-refractivity contribution in [3.05, 3.63) is 0 Å². The van der Waals surface area contributed by atoms with Crippen molar-refractivity contribution in [3.8, 4) is 0 Å². The van der Waals surface area contributed by atoms with Gasteiger partial charge in [-0.05, 0) is 53.5 Å². The van der Waals surface area contributed by atoms with Crippen molar-refractivity contribution >= 4 is 0 Å². The molecule has 2 rings (SSSR count). The molecule has 2 aliphatic rings. The van der Waals surface area contributed by atoms with Gasteiger partial charge in [-0.2, -0.15) is 0 Å². The van der Waals surface area contributed by atoms with Crippen molar-refractivity contribution in [1.82, 2.24) is 0 Å². The first-order valence-corrected chi connectivity index (χ1v) is 9.84. The van der Waals surface area contributed by atoms with Crippen LogP contribution < -0.4 is 5.73 Å². The fraction of sp³-hybridized carbons (Fsp3) is 1.00. The summed E-state index contributed by atoms with van der Waals surface area (Å²) in [7, 11) is 1.59. The summed E-state index contributed by atoms with van der Waals surface area (Å²) in [6.45, 7) is 9.94. The van der Waals surface area contributed by atoms with Crippen molar-refractivity contribution in [1.29, 1.82) is 0 Å². The lowest BCUT2D eigenvalue weighted by Gasteiger charge is -2.30. The van der Waals surface area contributed by atoms with Crippen LogP contribution in [0.5, 0.6) is 0 Å². The van der Waals surface area contributed by atoms with Gasteiger partial charge in [-0.1, -0.05) is 0 Å². The van der Waals surface area contributed by atoms with Crippen molar-refractivity contribution in [2.24, 2.45) is 5.73 Å². The summed E-state index contributed by atoms with van der Waals surface area (Å²) in [6, 6.07) is 0. The maximum Gasteiger partial charge on any atom is 0.164 e. The van der Waals surface area contributed by atoms with E-state index in [9.17, 15) is 0 Å². The van der Waals surface area contributed by atoms with Crippen LogP contribution in [0.1, 0.15) is 47.0 Å². The normalized spacial score (nSPS) is 30.7. The first-order valence-electron chi connectivity index (χ1n) is 9.84. The van der Waals surface area contributed by atoms with Gasteiger partial charge in [0.2, 0.25) is 0 Å². The van der Waals surface area contributed by atoms with Gasteiger partial charge in [0.15, 0.2) is 11.6 Å². The summed E-state index contributed by atoms with van der Waals surface area (Å²) < 4.78 is 40.9. The number of hydrogen-bond acceptors (Lipinski definition) is 8. The zero-order valence-corrected chi connectivity index (χ0v) is 17.4. The third kappa shape index (κ3) is 7.21. The molecule has 27 heavy (non-hydrogen) atoms. The van der Waals surface area contributed by atoms with Crippen LogP contribution in [0.15, 0.2) is 0 Å². The zero-order chi connectivity index (χ0) is 19.9. The molecular weight excluding hydrogens is 354 g/mol. The van der Waals surface area contributed by atoms with Gasteiger partial charge < -0.3 is 38.9 Å². The van der Waals surface area contributed by atoms with Gasteiger partial charge in [0.05, 0.1) is 13.2 Å². The second kappa shape index (κ2) is 10.5. The molecule has 0 aromatic carbocycles. The molecule has 2 N–H and O–H groups in total. The summed E-state index contributed by atoms with van der Waals surface area (Å²) in [5.74, 6) is -1.37. The van der Waals surface area contributed by atoms with Gasteiger partial charge in [0.1, 0.15) is 31.2 Å². The highest BCUT2D eigenvalue weighted by Crippen LogP contribution is 2.35. The lowest BCUT2D eigenvalue weighted by Crippen LogP contribution is -2.48. The van der Waals surface area contributed by atoms with E-state index in [1.807, 2.05) is 27.7 Å². The number of nitrogens with two attached hydrogens (primary N) is 1. The van der Waals surface area contributed by atoms with Crippen molar-refractivity contribution in [3.63, 3.8) is 0 Å². The summed E-state index contributed by atoms with van der Waals surface area (Å²) in [5.41, 5.74) is 5.52. The lowest BCUT2D eigenvalue weighted by molar-refractivity contribution is -0.204. The van der Waals surface area contributed by atoms with Crippen LogP contribution in [0.4, 0.5) is 0 Å². The Morgan fingerprint density at radius 1 is 1.04 bits per heavy atom. The topological polar surface area (TPSA) is 90.6 Å². The van der Waals surface area contributed by atoms with Gasteiger partial charge in [-0.15, -0.1) is 0 Å². The first-order chi connectivity index (χ1) is 12.8. The molecule has 2 saturated heterocycles. The van der Waals surface area contributed by atoms with E-state index in [0.717, 1.165) is 19.3 Å². The SMILES string of the molecule is COCO[C@H]([C@@H]1OC(C)(C)O[C@H]1COCCCCCN)[C@H]1COC(C)(C)O1. The van der Waals surface area contributed by atoms with Crippen LogP contribution in [-0.2, 0) is 33.2 Å². The van der Waals surface area contributed by atoms with Gasteiger partial charge in [-0.3, -0.25) is 0 Å². The van der Waals surface area contributed by atoms with Crippen LogP contribution in [-0.4, -0.2) is 76.3 Å². The number of unbranched alkanes of at least 4 members (excludes halogenated alkanes) is 2. The summed E-state index contributed by atoms with van der Waals surface area (Å²) in [5, 5.41) is 0. The molecule has 0 radical (unpaired) electrons. The Kier molecular flexibility index (Phi) is 8.89. The molecule has 0 saturated carbocycles. The quantitative estimate of drug-likeness (QED) is 0.398. The molecule has 8 heteroatoms. The zero-order valence-electron chi connectivity index (χ0n) is 17.4. The molecule has 2 fully saturated rings. The average Bonchev–Trinajstić information content (AvgIpc) is 3.10. The van der Waals surface area contributed by atoms with Gasteiger partial charge >= 0.3 is 0 Å². The predicted octanol–water partition coefficient (Wildman–Crippen LogP) is 1.79. The third-order valence-electron chi connectivity index (χ3n) is 4.60. The second-order valence-corrected chi connectivity index (χ2v) is 7.97. The van der Waals surface area contributed by atoms with Crippen LogP contribution in [0.25, 0.3) is 0 Å². The van der Waals surface area contributed by atoms with Crippen molar-refractivity contribution in [2.45, 2.75) is 82.9 Å². The summed E-state index contributed by atoms with van der Waals surface area (Å²) in [4.78, 5) is 0. The van der Waals surface area contributed by atoms with E-state index in [-0.39, 0.29) is 31.2 Å². The molecule has 0 bridgehead atoms. The Morgan fingerprint density at radius 3 is 2.44 bits per heavy atom. The Morgan fingerprint density at radius 2 is 1.81 bits per heavy atom. The third-order valence-corrected chi connectivity index (χ3v) is 4.60. The molecule has 0 aliphatic carbocycles. The molecule has 0 amide bonds. The molecule has 0 spiro atoms. The number of rotatable bonds is 12. The van der Waals surface area contributed by atoms with E-state index >= 15 is 0 Å². The van der Waals surface area contributed by atoms with Crippen LogP contribution in [0, 0.1) is 0 Å². The molecule has 2 aliphatic heterocycles. The van der Waals surface area contributed by atoms with Gasteiger partial charge in [-0.25, -0.2) is 0 Å². The molecule has 4 atom stereocenters. The van der Waals surface area contributed by atoms with Crippen molar-refractivity contribution < 1.29 is 33.2 Å². The van der Waals surface area contributed by atoms with E-state index in [1.165, 1.54) is 0 Å². The van der Waals surface area contributed by atoms with Crippen LogP contribution >= 0.6 is 0 Å². The highest BCUT2D eigenvalue weighted by molar-refractivity contribution is 4.93. The van der Waals surface area contributed by atoms with E-state index in [4.69, 9.17) is 38.9 Å². The maximum absolute atomic E-state index is 6.16. The van der Waals surface area contributed by atoms with Crippen LogP contribution in [0.2, 0.25) is 0 Å². The molecule has 2 heterocycles. The Balaban J connectivity index is 1.97. The lowest BCUT2D eigenvalue weighted by atomic mass is 10.0. The average molecular weight is 392 g/mol. The molecule has 0 aromatic rings. The Labute approximate surface area is 162 Å². The highest BCUT2D eigenvalue weighted by atomic mass is 16.8. The van der Waals surface area contributed by atoms with Gasteiger partial charge in [0.25, 0.3) is 0 Å². The van der Waals surface area contributed by atoms with Crippen LogP contribution in [0.3, 0.4) is 0 Å². The predicted molar refractivity (Wildman–Crippen MR) is 99.2 cm³/mol. The Hall–Kier alpha value is -0.320. The standard InChI is InChI=1S/C19H37NO7/c1-18(2)24-12-15(25-18)16(23-13-21-5)17-14(26-19(3,4)27-17)11-22-10-8-6-7-9-20/h14-17H,6-13,20H2,1-5H3/t14-,15+,16-,17+/m0/s1. The Bertz CT molecular complexity index is 432. The second-order valence-electron chi connectivity index (χ2n) is 7.97. The van der Waals surface area contributed by atoms with E-state index in [0.29, 0.717) is 26.4 Å². The van der Waals surface area contributed by atoms with E-state index in [1.54, 1.807) is 7.11 Å². The number of hydrogen-bond donors (Lipinski definition) is 1. The minimum atomic E-state index is -0.720. The fourth-order valence-corrected chi connectivity index (χ4v) is 3.43. The van der Waals surface area contributed by atoms with E-state index < -0.39 is 11.6 Å².